The number of ether oxygens (including phenoxy) is 1. The van der Waals surface area contributed by atoms with Gasteiger partial charge >= 0.3 is 6.18 Å². The Morgan fingerprint density at radius 3 is 2.53 bits per heavy atom. The molecule has 2 amide bonds. The van der Waals surface area contributed by atoms with Crippen molar-refractivity contribution in [3.63, 3.8) is 0 Å². The minimum absolute atomic E-state index is 0.0414. The van der Waals surface area contributed by atoms with Gasteiger partial charge in [-0.1, -0.05) is 0 Å². The van der Waals surface area contributed by atoms with Gasteiger partial charge in [0.25, 0.3) is 5.91 Å². The molecule has 1 saturated heterocycles. The van der Waals surface area contributed by atoms with Crippen LogP contribution in [0.3, 0.4) is 0 Å². The van der Waals surface area contributed by atoms with Crippen molar-refractivity contribution < 1.29 is 31.9 Å². The fraction of sp³-hybridized carbons (Fsp3) is 0.579. The summed E-state index contributed by atoms with van der Waals surface area (Å²) in [5, 5.41) is 2.61. The molecule has 30 heavy (non-hydrogen) atoms. The first-order chi connectivity index (χ1) is 14.2. The number of halogens is 5. The van der Waals surface area contributed by atoms with Crippen LogP contribution in [-0.2, 0) is 9.53 Å². The molecule has 2 rings (SSSR count). The number of piperazine rings is 1. The van der Waals surface area contributed by atoms with Gasteiger partial charge in [-0.05, 0) is 40.5 Å². The van der Waals surface area contributed by atoms with Crippen molar-refractivity contribution in [1.29, 1.82) is 0 Å². The van der Waals surface area contributed by atoms with E-state index in [-0.39, 0.29) is 31.0 Å². The Bertz CT molecular complexity index is 725. The third-order valence-electron chi connectivity index (χ3n) is 4.55. The summed E-state index contributed by atoms with van der Waals surface area (Å²) in [6.07, 6.45) is -3.69. The zero-order valence-electron chi connectivity index (χ0n) is 16.3. The molecule has 1 aromatic carbocycles. The van der Waals surface area contributed by atoms with Gasteiger partial charge in [-0.2, -0.15) is 13.2 Å². The monoisotopic (exact) mass is 497 g/mol. The Labute approximate surface area is 180 Å². The van der Waals surface area contributed by atoms with E-state index in [1.165, 1.54) is 12.1 Å². The molecule has 0 atom stereocenters. The highest BCUT2D eigenvalue weighted by atomic mass is 79.9. The average Bonchev–Trinajstić information content (AvgIpc) is 2.69. The van der Waals surface area contributed by atoms with Gasteiger partial charge < -0.3 is 15.0 Å². The van der Waals surface area contributed by atoms with Gasteiger partial charge in [-0.25, -0.2) is 4.39 Å². The molecule has 1 N–H and O–H groups in total. The highest BCUT2D eigenvalue weighted by Crippen LogP contribution is 2.17. The Balaban J connectivity index is 1.61. The molecule has 0 aliphatic carbocycles. The third-order valence-corrected chi connectivity index (χ3v) is 5.24. The van der Waals surface area contributed by atoms with Crippen LogP contribution in [0.1, 0.15) is 23.2 Å². The number of amides is 2. The number of nitrogens with one attached hydrogen (secondary N) is 1. The maximum Gasteiger partial charge on any atom is 0.411 e. The molecule has 168 valence electrons. The van der Waals surface area contributed by atoms with E-state index in [1.807, 2.05) is 0 Å². The Hall–Kier alpha value is -1.72. The van der Waals surface area contributed by atoms with Gasteiger partial charge in [0, 0.05) is 56.8 Å². The van der Waals surface area contributed by atoms with E-state index >= 15 is 0 Å². The van der Waals surface area contributed by atoms with E-state index in [4.69, 9.17) is 0 Å². The lowest BCUT2D eigenvalue weighted by Gasteiger charge is -2.34. The predicted octanol–water partition coefficient (Wildman–Crippen LogP) is 2.82. The predicted molar refractivity (Wildman–Crippen MR) is 106 cm³/mol. The van der Waals surface area contributed by atoms with Crippen LogP contribution in [0.2, 0.25) is 0 Å². The first-order valence-corrected chi connectivity index (χ1v) is 10.3. The van der Waals surface area contributed by atoms with Crippen molar-refractivity contribution in [2.45, 2.75) is 19.0 Å². The van der Waals surface area contributed by atoms with Gasteiger partial charge in [0.2, 0.25) is 5.91 Å². The molecule has 1 fully saturated rings. The quantitative estimate of drug-likeness (QED) is 0.421. The summed E-state index contributed by atoms with van der Waals surface area (Å²) < 4.78 is 54.3. The highest BCUT2D eigenvalue weighted by Gasteiger charge is 2.27. The normalized spacial score (nSPS) is 15.3. The molecule has 1 heterocycles. The lowest BCUT2D eigenvalue weighted by Crippen LogP contribution is -2.49. The molecule has 1 aliphatic heterocycles. The van der Waals surface area contributed by atoms with Gasteiger partial charge in [0.1, 0.15) is 12.4 Å². The fourth-order valence-corrected chi connectivity index (χ4v) is 3.43. The van der Waals surface area contributed by atoms with Crippen molar-refractivity contribution in [3.05, 3.63) is 34.1 Å². The first-order valence-electron chi connectivity index (χ1n) is 9.53. The van der Waals surface area contributed by atoms with Crippen LogP contribution in [0.4, 0.5) is 17.6 Å². The van der Waals surface area contributed by atoms with Crippen LogP contribution in [-0.4, -0.2) is 80.3 Å². The van der Waals surface area contributed by atoms with E-state index in [2.05, 4.69) is 30.9 Å². The maximum atomic E-state index is 13.3. The average molecular weight is 498 g/mol. The molecule has 1 aliphatic rings. The first kappa shape index (κ1) is 24.5. The standard InChI is InChI=1S/C19H24BrF4N3O3/c20-16-3-2-14(21)12-15(16)18(29)25-5-4-17(28)27-9-7-26(8-10-27)6-1-11-30-13-19(22,23)24/h2-3,12H,1,4-11,13H2,(H,25,29). The van der Waals surface area contributed by atoms with Crippen molar-refractivity contribution in [2.75, 3.05) is 52.5 Å². The molecule has 1 aromatic rings. The summed E-state index contributed by atoms with van der Waals surface area (Å²) >= 11 is 3.19. The lowest BCUT2D eigenvalue weighted by molar-refractivity contribution is -0.174. The molecule has 0 bridgehead atoms. The Morgan fingerprint density at radius 2 is 1.87 bits per heavy atom. The van der Waals surface area contributed by atoms with Crippen LogP contribution >= 0.6 is 15.9 Å². The van der Waals surface area contributed by atoms with Crippen LogP contribution in [0.15, 0.2) is 22.7 Å². The zero-order chi connectivity index (χ0) is 22.1. The molecule has 0 unspecified atom stereocenters. The smallest absolute Gasteiger partial charge is 0.372 e. The Morgan fingerprint density at radius 1 is 1.17 bits per heavy atom. The SMILES string of the molecule is O=C(NCCC(=O)N1CCN(CCCOCC(F)(F)F)CC1)c1cc(F)ccc1Br. The summed E-state index contributed by atoms with van der Waals surface area (Å²) in [4.78, 5) is 28.2. The lowest BCUT2D eigenvalue weighted by atomic mass is 10.2. The molecule has 0 saturated carbocycles. The summed E-state index contributed by atoms with van der Waals surface area (Å²) in [7, 11) is 0. The van der Waals surface area contributed by atoms with Crippen molar-refractivity contribution in [3.8, 4) is 0 Å². The summed E-state index contributed by atoms with van der Waals surface area (Å²) in [5.74, 6) is -1.09. The van der Waals surface area contributed by atoms with Crippen molar-refractivity contribution in [2.24, 2.45) is 0 Å². The van der Waals surface area contributed by atoms with Crippen LogP contribution in [0.25, 0.3) is 0 Å². The second kappa shape index (κ2) is 11.6. The van der Waals surface area contributed by atoms with Crippen molar-refractivity contribution in [1.82, 2.24) is 15.1 Å². The van der Waals surface area contributed by atoms with E-state index < -0.39 is 24.5 Å². The molecule has 11 heteroatoms. The van der Waals surface area contributed by atoms with E-state index in [0.29, 0.717) is 43.6 Å². The van der Waals surface area contributed by atoms with E-state index in [9.17, 15) is 27.2 Å². The molecule has 0 radical (unpaired) electrons. The van der Waals surface area contributed by atoms with Gasteiger partial charge in [0.05, 0.1) is 5.56 Å². The van der Waals surface area contributed by atoms with Gasteiger partial charge in [-0.3, -0.25) is 14.5 Å². The molecule has 0 spiro atoms. The van der Waals surface area contributed by atoms with Crippen molar-refractivity contribution >= 4 is 27.7 Å². The van der Waals surface area contributed by atoms with E-state index in [0.717, 1.165) is 6.07 Å². The second-order valence-electron chi connectivity index (χ2n) is 6.87. The molecular formula is C19H24BrF4N3O3. The molecular weight excluding hydrogens is 474 g/mol. The topological polar surface area (TPSA) is 61.9 Å². The minimum atomic E-state index is -4.31. The number of alkyl halides is 3. The number of rotatable bonds is 9. The van der Waals surface area contributed by atoms with Crippen LogP contribution in [0, 0.1) is 5.82 Å². The number of carbonyl (C=O) groups excluding carboxylic acids is 2. The largest absolute Gasteiger partial charge is 0.411 e. The number of hydrogen-bond donors (Lipinski definition) is 1. The van der Waals surface area contributed by atoms with Crippen LogP contribution < -0.4 is 5.32 Å². The zero-order valence-corrected chi connectivity index (χ0v) is 17.9. The Kier molecular flexibility index (Phi) is 9.50. The maximum absolute atomic E-state index is 13.3. The minimum Gasteiger partial charge on any atom is -0.372 e. The second-order valence-corrected chi connectivity index (χ2v) is 7.73. The fourth-order valence-electron chi connectivity index (χ4n) is 3.01. The number of hydrogen-bond acceptors (Lipinski definition) is 4. The summed E-state index contributed by atoms with van der Waals surface area (Å²) in [6, 6.07) is 3.80. The van der Waals surface area contributed by atoms with Gasteiger partial charge in [0.15, 0.2) is 0 Å². The third kappa shape index (κ3) is 8.57. The van der Waals surface area contributed by atoms with E-state index in [1.54, 1.807) is 4.90 Å². The van der Waals surface area contributed by atoms with Crippen LogP contribution in [0.5, 0.6) is 0 Å². The van der Waals surface area contributed by atoms with Gasteiger partial charge in [-0.15, -0.1) is 0 Å². The molecule has 0 aromatic heterocycles. The summed E-state index contributed by atoms with van der Waals surface area (Å²) in [5.41, 5.74) is 0.162. The number of benzene rings is 1. The number of nitrogens with zero attached hydrogens (tertiary/aromatic N) is 2. The number of carbonyl (C=O) groups is 2. The summed E-state index contributed by atoms with van der Waals surface area (Å²) in [6.45, 7) is 1.86. The highest BCUT2D eigenvalue weighted by molar-refractivity contribution is 9.10. The molecule has 6 nitrogen and oxygen atoms in total.